The van der Waals surface area contributed by atoms with Gasteiger partial charge in [0.05, 0.1) is 17.0 Å². The van der Waals surface area contributed by atoms with E-state index in [1.165, 1.54) is 12.1 Å². The summed E-state index contributed by atoms with van der Waals surface area (Å²) in [6, 6.07) is 7.28. The molecule has 0 bridgehead atoms. The molecule has 0 amide bonds. The van der Waals surface area contributed by atoms with Crippen LogP contribution < -0.4 is 5.32 Å². The number of benzene rings is 2. The van der Waals surface area contributed by atoms with E-state index in [9.17, 15) is 18.9 Å². The third-order valence-electron chi connectivity index (χ3n) is 2.91. The van der Waals surface area contributed by atoms with Gasteiger partial charge < -0.3 is 5.32 Å². The summed E-state index contributed by atoms with van der Waals surface area (Å²) >= 11 is 3.16. The van der Waals surface area contributed by atoms with Gasteiger partial charge in [0.1, 0.15) is 11.6 Å². The van der Waals surface area contributed by atoms with Crippen LogP contribution in [0.3, 0.4) is 0 Å². The summed E-state index contributed by atoms with van der Waals surface area (Å²) in [7, 11) is 0. The zero-order valence-electron chi connectivity index (χ0n) is 10.9. The molecule has 7 heteroatoms. The molecule has 4 nitrogen and oxygen atoms in total. The summed E-state index contributed by atoms with van der Waals surface area (Å²) in [6.07, 6.45) is 0. The van der Waals surface area contributed by atoms with E-state index in [1.54, 1.807) is 19.1 Å². The van der Waals surface area contributed by atoms with Gasteiger partial charge in [-0.2, -0.15) is 0 Å². The smallest absolute Gasteiger partial charge is 0.274 e. The predicted octanol–water partition coefficient (Wildman–Crippen LogP) is 4.81. The molecule has 0 aromatic heterocycles. The summed E-state index contributed by atoms with van der Waals surface area (Å²) < 4.78 is 27.8. The first-order valence-corrected chi connectivity index (χ1v) is 6.82. The van der Waals surface area contributed by atoms with Crippen molar-refractivity contribution in [3.05, 3.63) is 68.2 Å². The van der Waals surface area contributed by atoms with Gasteiger partial charge in [0.2, 0.25) is 0 Å². The Bertz CT molecular complexity index is 695. The van der Waals surface area contributed by atoms with Crippen molar-refractivity contribution >= 4 is 27.3 Å². The highest BCUT2D eigenvalue weighted by Crippen LogP contribution is 2.26. The second-order valence-electron chi connectivity index (χ2n) is 4.49. The molecule has 1 unspecified atom stereocenters. The second kappa shape index (κ2) is 6.17. The summed E-state index contributed by atoms with van der Waals surface area (Å²) in [4.78, 5) is 10.0. The van der Waals surface area contributed by atoms with Gasteiger partial charge in [-0.05, 0) is 25.1 Å². The Hall–Kier alpha value is -2.02. The lowest BCUT2D eigenvalue weighted by molar-refractivity contribution is -0.385. The lowest BCUT2D eigenvalue weighted by Gasteiger charge is -2.16. The zero-order chi connectivity index (χ0) is 15.6. The molecule has 2 aromatic rings. The van der Waals surface area contributed by atoms with E-state index in [1.807, 2.05) is 0 Å². The molecule has 21 heavy (non-hydrogen) atoms. The normalized spacial score (nSPS) is 12.0. The van der Waals surface area contributed by atoms with Gasteiger partial charge >= 0.3 is 0 Å². The lowest BCUT2D eigenvalue weighted by atomic mass is 10.1. The maximum atomic E-state index is 13.8. The Kier molecular flexibility index (Phi) is 4.52. The van der Waals surface area contributed by atoms with Gasteiger partial charge in [-0.1, -0.05) is 22.0 Å². The Morgan fingerprint density at radius 1 is 1.24 bits per heavy atom. The van der Waals surface area contributed by atoms with E-state index >= 15 is 0 Å². The third-order valence-corrected chi connectivity index (χ3v) is 3.40. The molecule has 0 aliphatic heterocycles. The number of nitrogens with one attached hydrogen (secondary N) is 1. The summed E-state index contributed by atoms with van der Waals surface area (Å²) in [5, 5.41) is 13.6. The lowest BCUT2D eigenvalue weighted by Crippen LogP contribution is -2.09. The number of rotatable bonds is 4. The van der Waals surface area contributed by atoms with Crippen LogP contribution in [0.25, 0.3) is 0 Å². The van der Waals surface area contributed by atoms with Crippen LogP contribution in [-0.4, -0.2) is 4.92 Å². The molecule has 2 aromatic carbocycles. The van der Waals surface area contributed by atoms with Crippen LogP contribution in [0.2, 0.25) is 0 Å². The molecule has 110 valence electrons. The molecular weight excluding hydrogens is 346 g/mol. The molecule has 0 radical (unpaired) electrons. The highest BCUT2D eigenvalue weighted by Gasteiger charge is 2.14. The molecule has 2 rings (SSSR count). The van der Waals surface area contributed by atoms with E-state index in [0.29, 0.717) is 10.0 Å². The molecule has 0 saturated heterocycles. The number of non-ortho nitro benzene ring substituents is 1. The van der Waals surface area contributed by atoms with E-state index in [4.69, 9.17) is 0 Å². The predicted molar refractivity (Wildman–Crippen MR) is 79.2 cm³/mol. The third kappa shape index (κ3) is 3.75. The number of hydrogen-bond acceptors (Lipinski definition) is 3. The van der Waals surface area contributed by atoms with Gasteiger partial charge in [-0.15, -0.1) is 0 Å². The Labute approximate surface area is 128 Å². The van der Waals surface area contributed by atoms with Crippen LogP contribution in [0.4, 0.5) is 20.2 Å². The molecule has 1 N–H and O–H groups in total. The number of nitrogens with zero attached hydrogens (tertiary/aromatic N) is 1. The average molecular weight is 357 g/mol. The van der Waals surface area contributed by atoms with Crippen molar-refractivity contribution in [2.45, 2.75) is 13.0 Å². The van der Waals surface area contributed by atoms with Crippen molar-refractivity contribution in [1.29, 1.82) is 0 Å². The first-order chi connectivity index (χ1) is 9.86. The van der Waals surface area contributed by atoms with Gasteiger partial charge in [0.15, 0.2) is 0 Å². The first kappa shape index (κ1) is 15.4. The number of nitro benzene ring substituents is 1. The van der Waals surface area contributed by atoms with Crippen molar-refractivity contribution in [2.75, 3.05) is 5.32 Å². The van der Waals surface area contributed by atoms with Crippen molar-refractivity contribution in [1.82, 2.24) is 0 Å². The van der Waals surface area contributed by atoms with Crippen molar-refractivity contribution in [3.63, 3.8) is 0 Å². The minimum Gasteiger partial charge on any atom is -0.378 e. The monoisotopic (exact) mass is 356 g/mol. The molecular formula is C14H11BrF2N2O2. The maximum absolute atomic E-state index is 13.8. The zero-order valence-corrected chi connectivity index (χ0v) is 12.5. The van der Waals surface area contributed by atoms with Crippen molar-refractivity contribution < 1.29 is 13.7 Å². The standard InChI is InChI=1S/C14H11BrF2N2O2/c1-8(13-3-2-9(15)4-14(13)17)18-11-5-10(16)6-12(7-11)19(20)21/h2-8,18H,1H3. The fourth-order valence-corrected chi connectivity index (χ4v) is 2.28. The Balaban J connectivity index is 2.27. The fourth-order valence-electron chi connectivity index (χ4n) is 1.94. The summed E-state index contributed by atoms with van der Waals surface area (Å²) in [5.74, 6) is -1.15. The molecule has 0 aliphatic rings. The van der Waals surface area contributed by atoms with Crippen LogP contribution in [0.1, 0.15) is 18.5 Å². The number of hydrogen-bond donors (Lipinski definition) is 1. The van der Waals surface area contributed by atoms with E-state index < -0.39 is 22.6 Å². The van der Waals surface area contributed by atoms with Crippen LogP contribution in [-0.2, 0) is 0 Å². The second-order valence-corrected chi connectivity index (χ2v) is 5.40. The molecule has 1 atom stereocenters. The van der Waals surface area contributed by atoms with E-state index in [-0.39, 0.29) is 11.4 Å². The van der Waals surface area contributed by atoms with Gasteiger partial charge in [0.25, 0.3) is 5.69 Å². The number of halogens is 3. The quantitative estimate of drug-likeness (QED) is 0.631. The molecule has 0 fully saturated rings. The van der Waals surface area contributed by atoms with Crippen molar-refractivity contribution in [3.8, 4) is 0 Å². The van der Waals surface area contributed by atoms with E-state index in [2.05, 4.69) is 21.2 Å². The topological polar surface area (TPSA) is 55.2 Å². The van der Waals surface area contributed by atoms with Crippen LogP contribution >= 0.6 is 15.9 Å². The number of nitro groups is 1. The Morgan fingerprint density at radius 3 is 2.57 bits per heavy atom. The Morgan fingerprint density at radius 2 is 1.95 bits per heavy atom. The van der Waals surface area contributed by atoms with Crippen LogP contribution in [0.5, 0.6) is 0 Å². The largest absolute Gasteiger partial charge is 0.378 e. The minimum atomic E-state index is -0.727. The maximum Gasteiger partial charge on any atom is 0.274 e. The summed E-state index contributed by atoms with van der Waals surface area (Å²) in [5.41, 5.74) is 0.239. The number of anilines is 1. The highest BCUT2D eigenvalue weighted by atomic mass is 79.9. The SMILES string of the molecule is CC(Nc1cc(F)cc([N+](=O)[O-])c1)c1ccc(Br)cc1F. The minimum absolute atomic E-state index is 0.219. The molecule has 0 aliphatic carbocycles. The van der Waals surface area contributed by atoms with E-state index in [0.717, 1.165) is 12.1 Å². The molecule has 0 heterocycles. The van der Waals surface area contributed by atoms with Gasteiger partial charge in [-0.25, -0.2) is 8.78 Å². The highest BCUT2D eigenvalue weighted by molar-refractivity contribution is 9.10. The average Bonchev–Trinajstić information content (AvgIpc) is 2.37. The fraction of sp³-hybridized carbons (Fsp3) is 0.143. The molecule has 0 saturated carbocycles. The van der Waals surface area contributed by atoms with Gasteiger partial charge in [0, 0.05) is 21.8 Å². The van der Waals surface area contributed by atoms with Gasteiger partial charge in [-0.3, -0.25) is 10.1 Å². The first-order valence-electron chi connectivity index (χ1n) is 6.03. The van der Waals surface area contributed by atoms with Crippen LogP contribution in [0, 0.1) is 21.7 Å². The summed E-state index contributed by atoms with van der Waals surface area (Å²) in [6.45, 7) is 1.68. The molecule has 0 spiro atoms. The van der Waals surface area contributed by atoms with Crippen LogP contribution in [0.15, 0.2) is 40.9 Å². The van der Waals surface area contributed by atoms with Crippen molar-refractivity contribution in [2.24, 2.45) is 0 Å².